The van der Waals surface area contributed by atoms with Crippen LogP contribution in [0.3, 0.4) is 0 Å². The quantitative estimate of drug-likeness (QED) is 0.384. The number of nitrogens with zero attached hydrogens (tertiary/aromatic N) is 1. The Bertz CT molecular complexity index is 288. The second-order valence-corrected chi connectivity index (χ2v) is 3.27. The van der Waals surface area contributed by atoms with Crippen LogP contribution in [-0.4, -0.2) is 12.6 Å². The lowest BCUT2D eigenvalue weighted by atomic mass is 10.1. The maximum Gasteiger partial charge on any atom is 0.234 e. The summed E-state index contributed by atoms with van der Waals surface area (Å²) in [5.41, 5.74) is 1.38. The molecule has 0 fully saturated rings. The maximum atomic E-state index is 9.77. The van der Waals surface area contributed by atoms with Crippen molar-refractivity contribution < 1.29 is 4.79 Å². The Labute approximate surface area is 84.7 Å². The zero-order valence-electron chi connectivity index (χ0n) is 8.28. The smallest absolute Gasteiger partial charge is 0.211 e. The summed E-state index contributed by atoms with van der Waals surface area (Å²) in [6.07, 6.45) is 5.95. The monoisotopic (exact) mass is 189 g/mol. The number of benzene rings is 1. The molecule has 0 spiro atoms. The van der Waals surface area contributed by atoms with E-state index in [1.165, 1.54) is 12.0 Å². The molecule has 74 valence electrons. The molecular weight excluding hydrogens is 174 g/mol. The third kappa shape index (κ3) is 4.58. The zero-order valence-corrected chi connectivity index (χ0v) is 8.28. The van der Waals surface area contributed by atoms with Gasteiger partial charge in [-0.1, -0.05) is 36.8 Å². The van der Waals surface area contributed by atoms with E-state index in [4.69, 9.17) is 0 Å². The highest BCUT2D eigenvalue weighted by molar-refractivity contribution is 5.32. The lowest BCUT2D eigenvalue weighted by Crippen LogP contribution is -1.86. The lowest BCUT2D eigenvalue weighted by Gasteiger charge is -1.99. The van der Waals surface area contributed by atoms with Crippen LogP contribution in [0.5, 0.6) is 0 Å². The molecule has 0 unspecified atom stereocenters. The lowest BCUT2D eigenvalue weighted by molar-refractivity contribution is 0.561. The van der Waals surface area contributed by atoms with Gasteiger partial charge in [-0.05, 0) is 24.8 Å². The molecule has 14 heavy (non-hydrogen) atoms. The predicted molar refractivity (Wildman–Crippen MR) is 57.0 cm³/mol. The van der Waals surface area contributed by atoms with Gasteiger partial charge in [0.15, 0.2) is 0 Å². The molecule has 0 aliphatic carbocycles. The van der Waals surface area contributed by atoms with Gasteiger partial charge in [-0.25, -0.2) is 9.79 Å². The molecule has 0 aliphatic rings. The normalized spacial score (nSPS) is 9.43. The van der Waals surface area contributed by atoms with Crippen molar-refractivity contribution in [2.75, 3.05) is 6.54 Å². The number of isocyanates is 1. The minimum Gasteiger partial charge on any atom is -0.211 e. The fourth-order valence-corrected chi connectivity index (χ4v) is 1.39. The minimum absolute atomic E-state index is 0.623. The van der Waals surface area contributed by atoms with Crippen molar-refractivity contribution in [2.45, 2.75) is 25.7 Å². The van der Waals surface area contributed by atoms with Crippen molar-refractivity contribution in [3.63, 3.8) is 0 Å². The number of rotatable bonds is 6. The van der Waals surface area contributed by atoms with Crippen LogP contribution < -0.4 is 0 Å². The summed E-state index contributed by atoms with van der Waals surface area (Å²) in [5.74, 6) is 0. The molecule has 0 heterocycles. The second kappa shape index (κ2) is 7.05. The average Bonchev–Trinajstić information content (AvgIpc) is 2.25. The Hall–Kier alpha value is -1.40. The molecule has 0 bridgehead atoms. The van der Waals surface area contributed by atoms with E-state index in [2.05, 4.69) is 29.3 Å². The van der Waals surface area contributed by atoms with Crippen LogP contribution in [0.1, 0.15) is 24.8 Å². The molecule has 0 N–H and O–H groups in total. The first kappa shape index (κ1) is 10.7. The van der Waals surface area contributed by atoms with E-state index in [0.717, 1.165) is 19.3 Å². The third-order valence-corrected chi connectivity index (χ3v) is 2.14. The summed E-state index contributed by atoms with van der Waals surface area (Å²) in [5, 5.41) is 0. The SMILES string of the molecule is O=C=NCCCCCc1ccccc1. The van der Waals surface area contributed by atoms with E-state index < -0.39 is 0 Å². The topological polar surface area (TPSA) is 29.4 Å². The molecule has 0 saturated heterocycles. The van der Waals surface area contributed by atoms with Gasteiger partial charge in [-0.15, -0.1) is 0 Å². The fraction of sp³-hybridized carbons (Fsp3) is 0.417. The van der Waals surface area contributed by atoms with Crippen LogP contribution in [-0.2, 0) is 11.2 Å². The standard InChI is InChI=1S/C12H15NO/c14-11-13-10-6-2-5-9-12-7-3-1-4-8-12/h1,3-4,7-8H,2,5-6,9-10H2. The largest absolute Gasteiger partial charge is 0.234 e. The molecule has 0 saturated carbocycles. The van der Waals surface area contributed by atoms with Crippen molar-refractivity contribution >= 4 is 6.08 Å². The van der Waals surface area contributed by atoms with E-state index >= 15 is 0 Å². The maximum absolute atomic E-state index is 9.77. The Balaban J connectivity index is 2.07. The number of unbranched alkanes of at least 4 members (excludes halogenated alkanes) is 2. The number of aryl methyl sites for hydroxylation is 1. The summed E-state index contributed by atoms with van der Waals surface area (Å²) in [6, 6.07) is 10.4. The van der Waals surface area contributed by atoms with E-state index in [-0.39, 0.29) is 0 Å². The summed E-state index contributed by atoms with van der Waals surface area (Å²) in [6.45, 7) is 0.623. The molecule has 0 aliphatic heterocycles. The number of hydrogen-bond acceptors (Lipinski definition) is 2. The second-order valence-electron chi connectivity index (χ2n) is 3.27. The summed E-state index contributed by atoms with van der Waals surface area (Å²) in [7, 11) is 0. The van der Waals surface area contributed by atoms with Gasteiger partial charge in [0.05, 0.1) is 6.54 Å². The van der Waals surface area contributed by atoms with Gasteiger partial charge in [0.25, 0.3) is 0 Å². The van der Waals surface area contributed by atoms with Gasteiger partial charge < -0.3 is 0 Å². The summed E-state index contributed by atoms with van der Waals surface area (Å²) < 4.78 is 0. The summed E-state index contributed by atoms with van der Waals surface area (Å²) in [4.78, 5) is 13.3. The highest BCUT2D eigenvalue weighted by Crippen LogP contribution is 2.05. The van der Waals surface area contributed by atoms with E-state index in [9.17, 15) is 4.79 Å². The van der Waals surface area contributed by atoms with Crippen LogP contribution in [0, 0.1) is 0 Å². The van der Waals surface area contributed by atoms with Crippen molar-refractivity contribution in [1.82, 2.24) is 0 Å². The fourth-order valence-electron chi connectivity index (χ4n) is 1.39. The first-order valence-corrected chi connectivity index (χ1v) is 5.01. The highest BCUT2D eigenvalue weighted by atomic mass is 16.1. The Morgan fingerprint density at radius 1 is 1.07 bits per heavy atom. The van der Waals surface area contributed by atoms with Crippen molar-refractivity contribution in [3.05, 3.63) is 35.9 Å². The van der Waals surface area contributed by atoms with Crippen LogP contribution in [0.25, 0.3) is 0 Å². The van der Waals surface area contributed by atoms with Crippen LogP contribution in [0.2, 0.25) is 0 Å². The van der Waals surface area contributed by atoms with Crippen LogP contribution in [0.4, 0.5) is 0 Å². The molecule has 2 heteroatoms. The molecule has 0 radical (unpaired) electrons. The Kier molecular flexibility index (Phi) is 5.38. The molecule has 1 aromatic rings. The number of aliphatic imine (C=N–C) groups is 1. The van der Waals surface area contributed by atoms with Gasteiger partial charge in [0.1, 0.15) is 0 Å². The molecule has 2 nitrogen and oxygen atoms in total. The summed E-state index contributed by atoms with van der Waals surface area (Å²) >= 11 is 0. The van der Waals surface area contributed by atoms with Crippen molar-refractivity contribution in [2.24, 2.45) is 4.99 Å². The predicted octanol–water partition coefficient (Wildman–Crippen LogP) is 2.74. The average molecular weight is 189 g/mol. The Morgan fingerprint density at radius 3 is 2.57 bits per heavy atom. The molecular formula is C12H15NO. The zero-order chi connectivity index (χ0) is 10.1. The van der Waals surface area contributed by atoms with E-state index in [1.54, 1.807) is 6.08 Å². The van der Waals surface area contributed by atoms with Crippen molar-refractivity contribution in [3.8, 4) is 0 Å². The molecule has 1 aromatic carbocycles. The number of carbonyl (C=O) groups excluding carboxylic acids is 1. The van der Waals surface area contributed by atoms with Gasteiger partial charge in [-0.3, -0.25) is 0 Å². The van der Waals surface area contributed by atoms with Crippen LogP contribution in [0.15, 0.2) is 35.3 Å². The van der Waals surface area contributed by atoms with E-state index in [0.29, 0.717) is 6.54 Å². The van der Waals surface area contributed by atoms with Gasteiger partial charge in [0, 0.05) is 0 Å². The molecule has 0 aromatic heterocycles. The Morgan fingerprint density at radius 2 is 1.86 bits per heavy atom. The highest BCUT2D eigenvalue weighted by Gasteiger charge is 1.91. The third-order valence-electron chi connectivity index (χ3n) is 2.14. The van der Waals surface area contributed by atoms with Crippen molar-refractivity contribution in [1.29, 1.82) is 0 Å². The van der Waals surface area contributed by atoms with Gasteiger partial charge in [0.2, 0.25) is 6.08 Å². The first-order chi connectivity index (χ1) is 6.93. The molecule has 1 rings (SSSR count). The van der Waals surface area contributed by atoms with E-state index in [1.807, 2.05) is 6.07 Å². The number of hydrogen-bond donors (Lipinski definition) is 0. The van der Waals surface area contributed by atoms with Gasteiger partial charge >= 0.3 is 0 Å². The van der Waals surface area contributed by atoms with Gasteiger partial charge in [-0.2, -0.15) is 0 Å². The molecule has 0 amide bonds. The minimum atomic E-state index is 0.623. The van der Waals surface area contributed by atoms with Crippen LogP contribution >= 0.6 is 0 Å². The molecule has 0 atom stereocenters. The first-order valence-electron chi connectivity index (χ1n) is 5.01.